The smallest absolute Gasteiger partial charge is 0.229 e. The zero-order valence-corrected chi connectivity index (χ0v) is 10.7. The maximum atomic E-state index is 5.26. The molecule has 4 rings (SSSR count). The fraction of sp³-hybridized carbons (Fsp3) is 0.308. The average Bonchev–Trinajstić information content (AvgIpc) is 3.06. The molecule has 100 valence electrons. The van der Waals surface area contributed by atoms with Gasteiger partial charge in [-0.15, -0.1) is 0 Å². The third-order valence-electron chi connectivity index (χ3n) is 3.23. The van der Waals surface area contributed by atoms with Crippen molar-refractivity contribution in [3.8, 4) is 11.5 Å². The van der Waals surface area contributed by atoms with Gasteiger partial charge in [-0.1, -0.05) is 5.16 Å². The lowest BCUT2D eigenvalue weighted by Crippen LogP contribution is -2.03. The van der Waals surface area contributed by atoms with Crippen molar-refractivity contribution >= 4 is 0 Å². The summed E-state index contributed by atoms with van der Waals surface area (Å²) in [4.78, 5) is 17.0. The summed E-state index contributed by atoms with van der Waals surface area (Å²) >= 11 is 0. The molecule has 1 fully saturated rings. The second-order valence-corrected chi connectivity index (χ2v) is 4.79. The fourth-order valence-electron chi connectivity index (χ4n) is 2.06. The Kier molecular flexibility index (Phi) is 2.55. The van der Waals surface area contributed by atoms with Crippen molar-refractivity contribution < 1.29 is 4.52 Å². The summed E-state index contributed by atoms with van der Waals surface area (Å²) in [5.74, 6) is 2.63. The first-order chi connectivity index (χ1) is 9.90. The Morgan fingerprint density at radius 2 is 2.15 bits per heavy atom. The molecule has 0 amide bonds. The molecule has 0 unspecified atom stereocenters. The van der Waals surface area contributed by atoms with E-state index in [9.17, 15) is 0 Å². The van der Waals surface area contributed by atoms with Crippen molar-refractivity contribution in [3.05, 3.63) is 42.7 Å². The van der Waals surface area contributed by atoms with E-state index in [1.807, 2.05) is 10.8 Å². The van der Waals surface area contributed by atoms with Crippen LogP contribution in [0.2, 0.25) is 0 Å². The second-order valence-electron chi connectivity index (χ2n) is 4.79. The summed E-state index contributed by atoms with van der Waals surface area (Å²) < 4.78 is 7.20. The van der Waals surface area contributed by atoms with Crippen molar-refractivity contribution in [2.45, 2.75) is 25.3 Å². The van der Waals surface area contributed by atoms with Crippen molar-refractivity contribution in [2.75, 3.05) is 0 Å². The zero-order valence-electron chi connectivity index (χ0n) is 10.7. The van der Waals surface area contributed by atoms with Crippen LogP contribution in [-0.2, 0) is 6.54 Å². The van der Waals surface area contributed by atoms with Gasteiger partial charge in [-0.25, -0.2) is 9.97 Å². The highest BCUT2D eigenvalue weighted by Crippen LogP contribution is 2.38. The maximum Gasteiger partial charge on any atom is 0.229 e. The van der Waals surface area contributed by atoms with E-state index in [0.717, 1.165) is 30.3 Å². The monoisotopic (exact) mass is 268 g/mol. The van der Waals surface area contributed by atoms with Crippen LogP contribution in [0, 0.1) is 0 Å². The van der Waals surface area contributed by atoms with E-state index in [0.29, 0.717) is 18.3 Å². The summed E-state index contributed by atoms with van der Waals surface area (Å²) in [6.07, 6.45) is 10.9. The Labute approximate surface area is 114 Å². The minimum Gasteiger partial charge on any atom is -0.339 e. The van der Waals surface area contributed by atoms with Crippen LogP contribution in [-0.4, -0.2) is 29.7 Å². The summed E-state index contributed by atoms with van der Waals surface area (Å²) in [6, 6.07) is 0. The highest BCUT2D eigenvalue weighted by atomic mass is 16.5. The summed E-state index contributed by atoms with van der Waals surface area (Å²) in [7, 11) is 0. The number of hydrogen-bond donors (Lipinski definition) is 0. The molecule has 1 aliphatic carbocycles. The Hall–Kier alpha value is -2.57. The van der Waals surface area contributed by atoms with Gasteiger partial charge >= 0.3 is 0 Å². The largest absolute Gasteiger partial charge is 0.339 e. The summed E-state index contributed by atoms with van der Waals surface area (Å²) in [6.45, 7) is 0.516. The van der Waals surface area contributed by atoms with Gasteiger partial charge in [-0.05, 0) is 12.8 Å². The first-order valence-electron chi connectivity index (χ1n) is 6.50. The quantitative estimate of drug-likeness (QED) is 0.715. The van der Waals surface area contributed by atoms with Crippen LogP contribution in [0.3, 0.4) is 0 Å². The van der Waals surface area contributed by atoms with Crippen molar-refractivity contribution in [2.24, 2.45) is 0 Å². The Balaban J connectivity index is 1.61. The number of nitrogens with zero attached hydrogens (tertiary/aromatic N) is 6. The van der Waals surface area contributed by atoms with Crippen LogP contribution in [0.4, 0.5) is 0 Å². The molecule has 0 atom stereocenters. The summed E-state index contributed by atoms with van der Waals surface area (Å²) in [5, 5.41) is 4.02. The van der Waals surface area contributed by atoms with Crippen molar-refractivity contribution in [1.82, 2.24) is 29.7 Å². The van der Waals surface area contributed by atoms with E-state index in [2.05, 4.69) is 25.1 Å². The van der Waals surface area contributed by atoms with Gasteiger partial charge in [-0.2, -0.15) is 4.98 Å². The third kappa shape index (κ3) is 2.07. The van der Waals surface area contributed by atoms with Crippen molar-refractivity contribution in [1.29, 1.82) is 0 Å². The predicted octanol–water partition coefficient (Wildman–Crippen LogP) is 1.65. The Morgan fingerprint density at radius 1 is 1.20 bits per heavy atom. The highest BCUT2D eigenvalue weighted by molar-refractivity contribution is 5.47. The Bertz CT molecular complexity index is 715. The molecule has 3 aromatic rings. The molecular weight excluding hydrogens is 256 g/mol. The molecule has 3 aromatic heterocycles. The van der Waals surface area contributed by atoms with E-state index in [4.69, 9.17) is 4.52 Å². The van der Waals surface area contributed by atoms with Crippen LogP contribution in [0.5, 0.6) is 0 Å². The maximum absolute atomic E-state index is 5.26. The minimum absolute atomic E-state index is 0.471. The molecule has 0 aliphatic heterocycles. The molecular formula is C13H12N6O. The lowest BCUT2D eigenvalue weighted by atomic mass is 10.4. The van der Waals surface area contributed by atoms with Crippen LogP contribution in [0.15, 0.2) is 35.5 Å². The van der Waals surface area contributed by atoms with Gasteiger partial charge in [0.15, 0.2) is 11.6 Å². The molecule has 1 aliphatic rings. The molecule has 7 heteroatoms. The van der Waals surface area contributed by atoms with Gasteiger partial charge in [0.25, 0.3) is 0 Å². The third-order valence-corrected chi connectivity index (χ3v) is 3.23. The van der Waals surface area contributed by atoms with Gasteiger partial charge < -0.3 is 9.09 Å². The molecule has 0 spiro atoms. The Morgan fingerprint density at radius 3 is 2.95 bits per heavy atom. The molecule has 0 N–H and O–H groups in total. The molecule has 7 nitrogen and oxygen atoms in total. The molecule has 0 saturated heterocycles. The van der Waals surface area contributed by atoms with E-state index >= 15 is 0 Å². The van der Waals surface area contributed by atoms with E-state index in [1.165, 1.54) is 0 Å². The summed E-state index contributed by atoms with van der Waals surface area (Å²) in [5.41, 5.74) is 0.725. The van der Waals surface area contributed by atoms with E-state index in [1.54, 1.807) is 24.8 Å². The van der Waals surface area contributed by atoms with Crippen LogP contribution >= 0.6 is 0 Å². The van der Waals surface area contributed by atoms with Gasteiger partial charge in [0.05, 0.1) is 12.7 Å². The average molecular weight is 268 g/mol. The topological polar surface area (TPSA) is 82.5 Å². The molecule has 1 saturated carbocycles. The van der Waals surface area contributed by atoms with E-state index in [-0.39, 0.29) is 0 Å². The molecule has 0 bridgehead atoms. The highest BCUT2D eigenvalue weighted by Gasteiger charge is 2.29. The number of imidazole rings is 1. The first kappa shape index (κ1) is 11.3. The van der Waals surface area contributed by atoms with Crippen LogP contribution in [0.25, 0.3) is 11.5 Å². The normalized spacial score (nSPS) is 14.6. The minimum atomic E-state index is 0.471. The second kappa shape index (κ2) is 4.52. The van der Waals surface area contributed by atoms with Gasteiger partial charge in [0, 0.05) is 30.7 Å². The zero-order chi connectivity index (χ0) is 13.4. The molecule has 0 aromatic carbocycles. The predicted molar refractivity (Wildman–Crippen MR) is 68.6 cm³/mol. The lowest BCUT2D eigenvalue weighted by molar-refractivity contribution is 0.373. The molecule has 3 heterocycles. The van der Waals surface area contributed by atoms with Gasteiger partial charge in [0.1, 0.15) is 5.69 Å². The lowest BCUT2D eigenvalue weighted by Gasteiger charge is -2.03. The standard InChI is InChI=1S/C13H12N6O/c1-2-9(1)13-17-11(18-20-13)8-19-6-5-16-12(19)10-7-14-3-4-15-10/h3-7,9H,1-2,8H2. The molecule has 0 radical (unpaired) electrons. The SMILES string of the molecule is c1cnc(-c2nccn2Cc2noc(C3CC3)n2)cn1. The van der Waals surface area contributed by atoms with Gasteiger partial charge in [0.2, 0.25) is 5.89 Å². The van der Waals surface area contributed by atoms with Crippen LogP contribution in [0.1, 0.15) is 30.5 Å². The number of aromatic nitrogens is 6. The molecule has 20 heavy (non-hydrogen) atoms. The van der Waals surface area contributed by atoms with Crippen LogP contribution < -0.4 is 0 Å². The number of hydrogen-bond acceptors (Lipinski definition) is 6. The number of rotatable bonds is 4. The first-order valence-corrected chi connectivity index (χ1v) is 6.50. The van der Waals surface area contributed by atoms with Crippen molar-refractivity contribution in [3.63, 3.8) is 0 Å². The van der Waals surface area contributed by atoms with Gasteiger partial charge in [-0.3, -0.25) is 4.98 Å². The fourth-order valence-corrected chi connectivity index (χ4v) is 2.06. The van der Waals surface area contributed by atoms with E-state index < -0.39 is 0 Å².